The average Bonchev–Trinajstić information content (AvgIpc) is 1.78. The van der Waals surface area contributed by atoms with Gasteiger partial charge in [-0.1, -0.05) is 13.2 Å². The summed E-state index contributed by atoms with van der Waals surface area (Å²) in [5, 5.41) is 0. The summed E-state index contributed by atoms with van der Waals surface area (Å²) in [7, 11) is 0. The molecule has 0 aromatic heterocycles. The summed E-state index contributed by atoms with van der Waals surface area (Å²) < 4.78 is 40.7. The summed E-state index contributed by atoms with van der Waals surface area (Å²) in [4.78, 5) is 11.1. The van der Waals surface area contributed by atoms with Crippen molar-refractivity contribution in [2.24, 2.45) is 5.92 Å². The molecule has 0 heterocycles. The molecule has 0 aliphatic carbocycles. The van der Waals surface area contributed by atoms with Gasteiger partial charge in [0.1, 0.15) is 5.60 Å². The van der Waals surface area contributed by atoms with Crippen molar-refractivity contribution in [2.45, 2.75) is 39.6 Å². The minimum atomic E-state index is -4.92. The molecule has 0 aromatic carbocycles. The number of rotatable bonds is 3. The van der Waals surface area contributed by atoms with E-state index < -0.39 is 30.8 Å². The molecule has 7 heteroatoms. The number of ether oxygens (including phenoxy) is 1. The summed E-state index contributed by atoms with van der Waals surface area (Å²) in [5.41, 5.74) is -0.732. The number of carbonyl (C=O) groups is 1. The largest absolute Gasteiger partial charge is 1.00 e. The zero-order valence-corrected chi connectivity index (χ0v) is 12.9. The first-order valence-corrected chi connectivity index (χ1v) is 4.45. The summed E-state index contributed by atoms with van der Waals surface area (Å²) in [6, 6.07) is 0. The third-order valence-electron chi connectivity index (χ3n) is 1.43. The Balaban J connectivity index is 0. The minimum Gasteiger partial charge on any atom is -0.460 e. The predicted molar refractivity (Wildman–Crippen MR) is 48.9 cm³/mol. The monoisotopic (exact) mass is 250 g/mol. The van der Waals surface area contributed by atoms with Crippen LogP contribution in [0.4, 0.5) is 12.9 Å². The van der Waals surface area contributed by atoms with Gasteiger partial charge in [-0.15, -0.1) is 0 Å². The Labute approximate surface area is 131 Å². The second kappa shape index (κ2) is 6.64. The van der Waals surface area contributed by atoms with Crippen molar-refractivity contribution in [3.63, 3.8) is 0 Å². The standard InChI is InChI=1S/C8H15BF3O2.K/c1-6(5-9(10,11)12)7(13)14-8(2,3)4;/h6H,5H2,1-4H3;/q-1;+1. The van der Waals surface area contributed by atoms with E-state index in [4.69, 9.17) is 4.74 Å². The van der Waals surface area contributed by atoms with E-state index in [9.17, 15) is 17.7 Å². The first-order chi connectivity index (χ1) is 6.01. The molecular weight excluding hydrogens is 235 g/mol. The number of halogens is 3. The molecular formula is C8H15BF3KO2. The quantitative estimate of drug-likeness (QED) is 0.513. The smallest absolute Gasteiger partial charge is 0.460 e. The van der Waals surface area contributed by atoms with Gasteiger partial charge < -0.3 is 17.7 Å². The maximum Gasteiger partial charge on any atom is 1.00 e. The molecule has 2 nitrogen and oxygen atoms in total. The molecule has 0 rings (SSSR count). The molecule has 0 aromatic rings. The van der Waals surface area contributed by atoms with E-state index in [2.05, 4.69) is 0 Å². The SMILES string of the molecule is CC(C[B-](F)(F)F)C(=O)OC(C)(C)C.[K+]. The second-order valence-corrected chi connectivity index (χ2v) is 4.38. The predicted octanol–water partition coefficient (Wildman–Crippen LogP) is -0.184. The Morgan fingerprint density at radius 1 is 1.33 bits per heavy atom. The van der Waals surface area contributed by atoms with Gasteiger partial charge in [-0.2, -0.15) is 0 Å². The third-order valence-corrected chi connectivity index (χ3v) is 1.43. The van der Waals surface area contributed by atoms with Gasteiger partial charge in [-0.3, -0.25) is 4.79 Å². The van der Waals surface area contributed by atoms with Crippen LogP contribution in [0, 0.1) is 5.92 Å². The normalized spacial score (nSPS) is 14.1. The van der Waals surface area contributed by atoms with Crippen LogP contribution < -0.4 is 51.4 Å². The van der Waals surface area contributed by atoms with Gasteiger partial charge in [0.15, 0.2) is 0 Å². The van der Waals surface area contributed by atoms with E-state index in [1.165, 1.54) is 6.92 Å². The van der Waals surface area contributed by atoms with E-state index in [0.717, 1.165) is 0 Å². The van der Waals surface area contributed by atoms with Crippen LogP contribution in [0.2, 0.25) is 6.32 Å². The molecule has 84 valence electrons. The van der Waals surface area contributed by atoms with Crippen molar-refractivity contribution in [3.8, 4) is 0 Å². The van der Waals surface area contributed by atoms with Gasteiger partial charge in [-0.05, 0) is 20.8 Å². The number of hydrogen-bond acceptors (Lipinski definition) is 2. The molecule has 15 heavy (non-hydrogen) atoms. The fraction of sp³-hybridized carbons (Fsp3) is 0.875. The molecule has 0 aliphatic rings. The van der Waals surface area contributed by atoms with Crippen molar-refractivity contribution < 1.29 is 73.9 Å². The summed E-state index contributed by atoms with van der Waals surface area (Å²) >= 11 is 0. The van der Waals surface area contributed by atoms with E-state index in [0.29, 0.717) is 0 Å². The minimum absolute atomic E-state index is 0. The van der Waals surface area contributed by atoms with Crippen LogP contribution in [0.25, 0.3) is 0 Å². The van der Waals surface area contributed by atoms with Crippen LogP contribution in [0.1, 0.15) is 27.7 Å². The average molecular weight is 250 g/mol. The van der Waals surface area contributed by atoms with Gasteiger partial charge in [0.05, 0.1) is 0 Å². The van der Waals surface area contributed by atoms with E-state index in [1.807, 2.05) is 0 Å². The summed E-state index contributed by atoms with van der Waals surface area (Å²) in [5.74, 6) is -1.91. The van der Waals surface area contributed by atoms with Gasteiger partial charge >= 0.3 is 64.3 Å². The maximum absolute atomic E-state index is 12.0. The molecule has 1 unspecified atom stereocenters. The van der Waals surface area contributed by atoms with Crippen LogP contribution in [0.15, 0.2) is 0 Å². The van der Waals surface area contributed by atoms with Crippen molar-refractivity contribution in [1.82, 2.24) is 0 Å². The van der Waals surface area contributed by atoms with Gasteiger partial charge in [-0.25, -0.2) is 0 Å². The molecule has 0 aliphatic heterocycles. The second-order valence-electron chi connectivity index (χ2n) is 4.38. The van der Waals surface area contributed by atoms with Crippen LogP contribution in [-0.4, -0.2) is 18.5 Å². The van der Waals surface area contributed by atoms with Crippen LogP contribution in [0.5, 0.6) is 0 Å². The fourth-order valence-electron chi connectivity index (χ4n) is 0.899. The van der Waals surface area contributed by atoms with Crippen molar-refractivity contribution in [2.75, 3.05) is 0 Å². The van der Waals surface area contributed by atoms with Crippen LogP contribution in [-0.2, 0) is 9.53 Å². The summed E-state index contributed by atoms with van der Waals surface area (Å²) in [6.07, 6.45) is -1.07. The first-order valence-electron chi connectivity index (χ1n) is 4.45. The maximum atomic E-state index is 12.0. The Kier molecular flexibility index (Phi) is 8.11. The van der Waals surface area contributed by atoms with Gasteiger partial charge in [0.25, 0.3) is 0 Å². The van der Waals surface area contributed by atoms with E-state index in [-0.39, 0.29) is 51.4 Å². The zero-order chi connectivity index (χ0) is 11.6. The first kappa shape index (κ1) is 18.3. The Hall–Kier alpha value is 0.961. The molecule has 0 fully saturated rings. The Morgan fingerprint density at radius 2 is 1.73 bits per heavy atom. The van der Waals surface area contributed by atoms with E-state index in [1.54, 1.807) is 20.8 Å². The van der Waals surface area contributed by atoms with Gasteiger partial charge in [0, 0.05) is 5.92 Å². The number of carbonyl (C=O) groups excluding carboxylic acids is 1. The Bertz CT molecular complexity index is 213. The van der Waals surface area contributed by atoms with Crippen molar-refractivity contribution in [3.05, 3.63) is 0 Å². The topological polar surface area (TPSA) is 26.3 Å². The summed E-state index contributed by atoms with van der Waals surface area (Å²) in [6.45, 7) is 1.17. The van der Waals surface area contributed by atoms with Crippen molar-refractivity contribution >= 4 is 12.9 Å². The zero-order valence-electron chi connectivity index (χ0n) is 9.81. The molecule has 0 amide bonds. The van der Waals surface area contributed by atoms with Crippen molar-refractivity contribution in [1.29, 1.82) is 0 Å². The molecule has 0 saturated carbocycles. The molecule has 0 saturated heterocycles. The van der Waals surface area contributed by atoms with E-state index >= 15 is 0 Å². The Morgan fingerprint density at radius 3 is 2.00 bits per heavy atom. The molecule has 0 radical (unpaired) electrons. The number of hydrogen-bond donors (Lipinski definition) is 0. The fourth-order valence-corrected chi connectivity index (χ4v) is 0.899. The molecule has 0 spiro atoms. The molecule has 1 atom stereocenters. The van der Waals surface area contributed by atoms with Gasteiger partial charge in [0.2, 0.25) is 0 Å². The molecule has 0 N–H and O–H groups in total. The number of esters is 1. The third kappa shape index (κ3) is 11.2. The molecule has 0 bridgehead atoms. The van der Waals surface area contributed by atoms with Crippen LogP contribution >= 0.6 is 0 Å². The van der Waals surface area contributed by atoms with Crippen LogP contribution in [0.3, 0.4) is 0 Å².